The second kappa shape index (κ2) is 5.55. The van der Waals surface area contributed by atoms with Gasteiger partial charge in [0, 0.05) is 12.0 Å². The summed E-state index contributed by atoms with van der Waals surface area (Å²) in [5, 5.41) is 9.28. The van der Waals surface area contributed by atoms with Crippen LogP contribution in [0.2, 0.25) is 0 Å². The number of furan rings is 1. The fraction of sp³-hybridized carbons (Fsp3) is 0.400. The molecule has 1 saturated carbocycles. The first-order valence-corrected chi connectivity index (χ1v) is 7.07. The van der Waals surface area contributed by atoms with Crippen LogP contribution in [-0.2, 0) is 4.79 Å². The molecule has 6 nitrogen and oxygen atoms in total. The van der Waals surface area contributed by atoms with Crippen molar-refractivity contribution in [2.75, 3.05) is 0 Å². The number of H-pyrrole nitrogens is 1. The van der Waals surface area contributed by atoms with Gasteiger partial charge in [0.2, 0.25) is 5.91 Å². The molecule has 110 valence electrons. The van der Waals surface area contributed by atoms with Gasteiger partial charge in [-0.1, -0.05) is 6.92 Å². The van der Waals surface area contributed by atoms with Crippen LogP contribution in [0.5, 0.6) is 0 Å². The number of hydrogen-bond acceptors (Lipinski definition) is 4. The summed E-state index contributed by atoms with van der Waals surface area (Å²) in [5.74, 6) is 3.40. The lowest BCUT2D eigenvalue weighted by Crippen LogP contribution is -2.25. The standard InChI is InChI=1S/C15H18N4O2/c1-9-7-12(9)13-5-3-11(21-13)4-6-14(20)18-10(2)15-16-8-17-19-15/h3-6,8-10,12H,7H2,1-2H3,(H,18,20)(H,16,17,19)/b6-4+. The third-order valence-corrected chi connectivity index (χ3v) is 3.72. The molecule has 3 atom stereocenters. The molecule has 0 spiro atoms. The molecular weight excluding hydrogens is 268 g/mol. The van der Waals surface area contributed by atoms with Crippen LogP contribution in [-0.4, -0.2) is 21.1 Å². The normalized spacial score (nSPS) is 22.4. The van der Waals surface area contributed by atoms with Crippen molar-refractivity contribution in [3.8, 4) is 0 Å². The van der Waals surface area contributed by atoms with Gasteiger partial charge in [0.15, 0.2) is 0 Å². The lowest BCUT2D eigenvalue weighted by Gasteiger charge is -2.08. The Kier molecular flexibility index (Phi) is 3.60. The van der Waals surface area contributed by atoms with Gasteiger partial charge in [-0.15, -0.1) is 0 Å². The van der Waals surface area contributed by atoms with E-state index in [-0.39, 0.29) is 11.9 Å². The van der Waals surface area contributed by atoms with Crippen LogP contribution in [0, 0.1) is 5.92 Å². The van der Waals surface area contributed by atoms with Crippen molar-refractivity contribution in [1.29, 1.82) is 0 Å². The van der Waals surface area contributed by atoms with E-state index in [1.807, 2.05) is 19.1 Å². The van der Waals surface area contributed by atoms with E-state index >= 15 is 0 Å². The Morgan fingerprint density at radius 3 is 3.05 bits per heavy atom. The number of aromatic nitrogens is 3. The first-order valence-electron chi connectivity index (χ1n) is 7.07. The molecule has 2 heterocycles. The third kappa shape index (κ3) is 3.21. The van der Waals surface area contributed by atoms with Crippen molar-refractivity contribution in [3.63, 3.8) is 0 Å². The minimum Gasteiger partial charge on any atom is -0.461 e. The van der Waals surface area contributed by atoms with Gasteiger partial charge in [0.05, 0.1) is 6.04 Å². The molecule has 21 heavy (non-hydrogen) atoms. The fourth-order valence-corrected chi connectivity index (χ4v) is 2.29. The molecule has 1 fully saturated rings. The highest BCUT2D eigenvalue weighted by Crippen LogP contribution is 2.47. The second-order valence-electron chi connectivity index (χ2n) is 5.49. The molecule has 0 bridgehead atoms. The van der Waals surface area contributed by atoms with Crippen molar-refractivity contribution in [2.45, 2.75) is 32.2 Å². The number of rotatable bonds is 5. The maximum Gasteiger partial charge on any atom is 0.244 e. The summed E-state index contributed by atoms with van der Waals surface area (Å²) >= 11 is 0. The maximum absolute atomic E-state index is 11.8. The smallest absolute Gasteiger partial charge is 0.244 e. The van der Waals surface area contributed by atoms with Gasteiger partial charge in [-0.3, -0.25) is 9.89 Å². The Morgan fingerprint density at radius 2 is 2.38 bits per heavy atom. The molecule has 1 aliphatic rings. The van der Waals surface area contributed by atoms with Crippen LogP contribution < -0.4 is 5.32 Å². The maximum atomic E-state index is 11.8. The monoisotopic (exact) mass is 286 g/mol. The van der Waals surface area contributed by atoms with Crippen LogP contribution in [0.4, 0.5) is 0 Å². The lowest BCUT2D eigenvalue weighted by atomic mass is 10.3. The Balaban J connectivity index is 1.55. The average molecular weight is 286 g/mol. The van der Waals surface area contributed by atoms with Gasteiger partial charge in [-0.25, -0.2) is 4.98 Å². The van der Waals surface area contributed by atoms with E-state index in [9.17, 15) is 4.79 Å². The molecule has 1 aliphatic carbocycles. The van der Waals surface area contributed by atoms with Crippen LogP contribution in [0.3, 0.4) is 0 Å². The highest BCUT2D eigenvalue weighted by Gasteiger charge is 2.36. The van der Waals surface area contributed by atoms with E-state index in [0.29, 0.717) is 23.4 Å². The van der Waals surface area contributed by atoms with E-state index in [1.54, 1.807) is 6.08 Å². The van der Waals surface area contributed by atoms with Crippen LogP contribution in [0.15, 0.2) is 29.0 Å². The lowest BCUT2D eigenvalue weighted by molar-refractivity contribution is -0.117. The molecule has 0 radical (unpaired) electrons. The van der Waals surface area contributed by atoms with Crippen molar-refractivity contribution in [1.82, 2.24) is 20.5 Å². The summed E-state index contributed by atoms with van der Waals surface area (Å²) in [6, 6.07) is 3.66. The Morgan fingerprint density at radius 1 is 1.57 bits per heavy atom. The summed E-state index contributed by atoms with van der Waals surface area (Å²) in [6.07, 6.45) is 5.74. The Hall–Kier alpha value is -2.37. The highest BCUT2D eigenvalue weighted by molar-refractivity contribution is 5.91. The topological polar surface area (TPSA) is 83.8 Å². The van der Waals surface area contributed by atoms with Crippen LogP contribution in [0.1, 0.15) is 49.6 Å². The minimum absolute atomic E-state index is 0.198. The van der Waals surface area contributed by atoms with Crippen LogP contribution >= 0.6 is 0 Å². The van der Waals surface area contributed by atoms with Crippen molar-refractivity contribution >= 4 is 12.0 Å². The predicted octanol–water partition coefficient (Wildman–Crippen LogP) is 2.41. The number of carbonyl (C=O) groups excluding carboxylic acids is 1. The minimum atomic E-state index is -0.218. The number of hydrogen-bond donors (Lipinski definition) is 2. The quantitative estimate of drug-likeness (QED) is 0.827. The van der Waals surface area contributed by atoms with Gasteiger partial charge in [0.25, 0.3) is 0 Å². The molecule has 0 saturated heterocycles. The zero-order valence-electron chi connectivity index (χ0n) is 12.0. The first kappa shape index (κ1) is 13.6. The zero-order chi connectivity index (χ0) is 14.8. The number of carbonyl (C=O) groups is 1. The van der Waals surface area contributed by atoms with E-state index in [0.717, 1.165) is 5.76 Å². The van der Waals surface area contributed by atoms with Crippen LogP contribution in [0.25, 0.3) is 6.08 Å². The Labute approximate surface area is 122 Å². The fourth-order valence-electron chi connectivity index (χ4n) is 2.29. The average Bonchev–Trinajstić information content (AvgIpc) is 2.93. The molecule has 2 N–H and O–H groups in total. The molecule has 3 rings (SSSR count). The third-order valence-electron chi connectivity index (χ3n) is 3.72. The molecule has 3 unspecified atom stereocenters. The van der Waals surface area contributed by atoms with Crippen molar-refractivity contribution < 1.29 is 9.21 Å². The molecule has 1 amide bonds. The van der Waals surface area contributed by atoms with E-state index in [1.165, 1.54) is 18.8 Å². The van der Waals surface area contributed by atoms with Crippen molar-refractivity contribution in [3.05, 3.63) is 41.9 Å². The summed E-state index contributed by atoms with van der Waals surface area (Å²) in [7, 11) is 0. The first-order chi connectivity index (χ1) is 10.1. The second-order valence-corrected chi connectivity index (χ2v) is 5.49. The Bertz CT molecular complexity index is 644. The van der Waals surface area contributed by atoms with Gasteiger partial charge >= 0.3 is 0 Å². The summed E-state index contributed by atoms with van der Waals surface area (Å²) in [6.45, 7) is 4.05. The number of aromatic amines is 1. The predicted molar refractivity (Wildman–Crippen MR) is 77.2 cm³/mol. The number of nitrogens with one attached hydrogen (secondary N) is 2. The van der Waals surface area contributed by atoms with Gasteiger partial charge in [-0.2, -0.15) is 5.10 Å². The van der Waals surface area contributed by atoms with Gasteiger partial charge in [0.1, 0.15) is 23.7 Å². The number of amides is 1. The van der Waals surface area contributed by atoms with Gasteiger partial charge in [-0.05, 0) is 37.5 Å². The highest BCUT2D eigenvalue weighted by atomic mass is 16.3. The summed E-state index contributed by atoms with van der Waals surface area (Å²) in [4.78, 5) is 15.8. The number of nitrogens with zero attached hydrogens (tertiary/aromatic N) is 2. The molecule has 0 aliphatic heterocycles. The van der Waals surface area contributed by atoms with Gasteiger partial charge < -0.3 is 9.73 Å². The molecular formula is C15H18N4O2. The molecule has 0 aromatic carbocycles. The largest absolute Gasteiger partial charge is 0.461 e. The summed E-state index contributed by atoms with van der Waals surface area (Å²) in [5.41, 5.74) is 0. The molecule has 2 aromatic rings. The van der Waals surface area contributed by atoms with Crippen molar-refractivity contribution in [2.24, 2.45) is 5.92 Å². The molecule has 6 heteroatoms. The van der Waals surface area contributed by atoms with E-state index in [2.05, 4.69) is 27.4 Å². The summed E-state index contributed by atoms with van der Waals surface area (Å²) < 4.78 is 5.71. The SMILES string of the molecule is CC(NC(=O)/C=C/c1ccc(C2CC2C)o1)c1ncn[nH]1. The molecule has 2 aromatic heterocycles. The van der Waals surface area contributed by atoms with E-state index < -0.39 is 0 Å². The zero-order valence-corrected chi connectivity index (χ0v) is 12.0. The van der Waals surface area contributed by atoms with E-state index in [4.69, 9.17) is 4.42 Å².